The Balaban J connectivity index is 1.11. The smallest absolute Gasteiger partial charge is 0.255 e. The van der Waals surface area contributed by atoms with E-state index < -0.39 is 23.2 Å². The van der Waals surface area contributed by atoms with Gasteiger partial charge in [-0.05, 0) is 93.4 Å². The highest BCUT2D eigenvalue weighted by Gasteiger charge is 2.24. The third-order valence-electron chi connectivity index (χ3n) is 10.6. The Morgan fingerprint density at radius 2 is 1.76 bits per heavy atom. The van der Waals surface area contributed by atoms with Gasteiger partial charge in [0.1, 0.15) is 28.7 Å². The van der Waals surface area contributed by atoms with Crippen molar-refractivity contribution in [3.8, 4) is 28.4 Å². The summed E-state index contributed by atoms with van der Waals surface area (Å²) in [6, 6.07) is 24.4. The summed E-state index contributed by atoms with van der Waals surface area (Å²) >= 11 is 0. The van der Waals surface area contributed by atoms with Crippen molar-refractivity contribution in [3.05, 3.63) is 115 Å². The number of amides is 1. The molecule has 1 amide bonds. The average molecular weight is 745 g/mol. The first-order chi connectivity index (χ1) is 26.7. The number of piperidine rings is 1. The number of methoxy groups -OCH3 is 1. The van der Waals surface area contributed by atoms with Crippen LogP contribution in [0.4, 0.5) is 31.8 Å². The largest absolute Gasteiger partial charge is 0.494 e. The van der Waals surface area contributed by atoms with Crippen LogP contribution in [0.5, 0.6) is 5.75 Å². The first kappa shape index (κ1) is 37.4. The van der Waals surface area contributed by atoms with E-state index in [-0.39, 0.29) is 5.56 Å². The Morgan fingerprint density at radius 1 is 0.982 bits per heavy atom. The number of nitrogens with one attached hydrogen (secondary N) is 2. The van der Waals surface area contributed by atoms with Crippen molar-refractivity contribution in [1.29, 1.82) is 0 Å². The van der Waals surface area contributed by atoms with E-state index in [9.17, 15) is 13.6 Å². The van der Waals surface area contributed by atoms with Crippen LogP contribution in [-0.2, 0) is 0 Å². The van der Waals surface area contributed by atoms with Crippen LogP contribution < -0.4 is 20.3 Å². The van der Waals surface area contributed by atoms with Gasteiger partial charge in [-0.1, -0.05) is 44.5 Å². The summed E-state index contributed by atoms with van der Waals surface area (Å²) in [5, 5.41) is 5.72. The SMILES string of the molecule is CCC(C)CCN(C)C1CCN(c2ccc(Nc3nccc(-c4c(-c5cccc(C(=O)Nc6c(F)cccc6F)c5)nc5ccccn45)n3)c(OC)c2)CC1. The number of aromatic nitrogens is 4. The third kappa shape index (κ3) is 8.29. The number of hydrogen-bond donors (Lipinski definition) is 2. The average Bonchev–Trinajstić information content (AvgIpc) is 3.61. The van der Waals surface area contributed by atoms with Crippen LogP contribution in [0, 0.1) is 17.6 Å². The van der Waals surface area contributed by atoms with Gasteiger partial charge in [-0.15, -0.1) is 0 Å². The molecule has 284 valence electrons. The molecule has 2 N–H and O–H groups in total. The lowest BCUT2D eigenvalue weighted by atomic mass is 10.0. The highest BCUT2D eigenvalue weighted by atomic mass is 19.1. The quantitative estimate of drug-likeness (QED) is 0.121. The van der Waals surface area contributed by atoms with Crippen LogP contribution in [0.15, 0.2) is 97.3 Å². The fourth-order valence-electron chi connectivity index (χ4n) is 7.08. The molecule has 0 aliphatic carbocycles. The Hall–Kier alpha value is -5.88. The summed E-state index contributed by atoms with van der Waals surface area (Å²) < 4.78 is 36.4. The number of halogens is 2. The highest BCUT2D eigenvalue weighted by Crippen LogP contribution is 2.35. The molecule has 0 bridgehead atoms. The van der Waals surface area contributed by atoms with Gasteiger partial charge in [0.25, 0.3) is 5.91 Å². The second kappa shape index (κ2) is 16.6. The van der Waals surface area contributed by atoms with Gasteiger partial charge in [-0.3, -0.25) is 9.20 Å². The van der Waals surface area contributed by atoms with Gasteiger partial charge >= 0.3 is 0 Å². The third-order valence-corrected chi connectivity index (χ3v) is 10.6. The molecule has 3 aromatic heterocycles. The van der Waals surface area contributed by atoms with Gasteiger partial charge < -0.3 is 25.2 Å². The lowest BCUT2D eigenvalue weighted by molar-refractivity contribution is 0.102. The van der Waals surface area contributed by atoms with Crippen molar-refractivity contribution in [2.45, 2.75) is 45.6 Å². The number of nitrogens with zero attached hydrogens (tertiary/aromatic N) is 6. The second-order valence-electron chi connectivity index (χ2n) is 14.1. The lowest BCUT2D eigenvalue weighted by Gasteiger charge is -2.38. The Morgan fingerprint density at radius 3 is 2.53 bits per heavy atom. The molecule has 1 atom stereocenters. The maximum absolute atomic E-state index is 14.3. The number of carbonyl (C=O) groups is 1. The zero-order chi connectivity index (χ0) is 38.5. The first-order valence-corrected chi connectivity index (χ1v) is 18.8. The van der Waals surface area contributed by atoms with E-state index in [4.69, 9.17) is 14.7 Å². The molecule has 1 aliphatic heterocycles. The Kier molecular flexibility index (Phi) is 11.3. The Labute approximate surface area is 320 Å². The zero-order valence-electron chi connectivity index (χ0n) is 31.6. The minimum absolute atomic E-state index is 0.206. The standard InChI is InChI=1S/C43H46F2N8O2/c1-5-28(2)18-23-51(3)31-19-24-52(25-20-31)32-15-16-35(37(27-32)55-4)47-43-46-21-17-36(48-43)41-39(49-38-14-6-7-22-53(38)41)29-10-8-11-30(26-29)42(54)50-40-33(44)12-9-13-34(40)45/h6-17,21-22,26-28,31H,5,18-20,23-25H2,1-4H3,(H,50,54)(H,46,47,48). The molecule has 0 saturated carbocycles. The van der Waals surface area contributed by atoms with E-state index in [1.165, 1.54) is 18.9 Å². The van der Waals surface area contributed by atoms with Crippen LogP contribution in [0.2, 0.25) is 0 Å². The van der Waals surface area contributed by atoms with Crippen LogP contribution >= 0.6 is 0 Å². The maximum atomic E-state index is 14.3. The van der Waals surface area contributed by atoms with E-state index in [0.29, 0.717) is 46.0 Å². The summed E-state index contributed by atoms with van der Waals surface area (Å²) in [7, 11) is 3.92. The van der Waals surface area contributed by atoms with Gasteiger partial charge in [0.2, 0.25) is 5.95 Å². The number of carbonyl (C=O) groups excluding carboxylic acids is 1. The molecule has 6 aromatic rings. The molecule has 55 heavy (non-hydrogen) atoms. The summed E-state index contributed by atoms with van der Waals surface area (Å²) in [6.45, 7) is 7.71. The lowest BCUT2D eigenvalue weighted by Crippen LogP contribution is -2.43. The second-order valence-corrected chi connectivity index (χ2v) is 14.1. The van der Waals surface area contributed by atoms with Crippen molar-refractivity contribution in [1.82, 2.24) is 24.3 Å². The predicted molar refractivity (Wildman–Crippen MR) is 214 cm³/mol. The summed E-state index contributed by atoms with van der Waals surface area (Å²) in [5.41, 5.74) is 4.66. The molecule has 1 fully saturated rings. The van der Waals surface area contributed by atoms with Gasteiger partial charge in [-0.2, -0.15) is 0 Å². The number of para-hydroxylation sites is 1. The van der Waals surface area contributed by atoms with E-state index in [0.717, 1.165) is 61.9 Å². The van der Waals surface area contributed by atoms with Gasteiger partial charge in [0.05, 0.1) is 29.9 Å². The highest BCUT2D eigenvalue weighted by molar-refractivity contribution is 6.05. The number of imidazole rings is 1. The fraction of sp³-hybridized carbons (Fsp3) is 0.302. The van der Waals surface area contributed by atoms with Gasteiger partial charge in [0.15, 0.2) is 0 Å². The number of benzene rings is 3. The number of anilines is 4. The number of pyridine rings is 1. The molecule has 1 unspecified atom stereocenters. The van der Waals surface area contributed by atoms with Crippen LogP contribution in [-0.4, -0.2) is 70.0 Å². The molecule has 12 heteroatoms. The van der Waals surface area contributed by atoms with E-state index in [2.05, 4.69) is 58.4 Å². The molecule has 3 aromatic carbocycles. The minimum Gasteiger partial charge on any atom is -0.494 e. The summed E-state index contributed by atoms with van der Waals surface area (Å²) in [5.74, 6) is -0.579. The topological polar surface area (TPSA) is 99.9 Å². The Bertz CT molecular complexity index is 2270. The number of fused-ring (bicyclic) bond motifs is 1. The van der Waals surface area contributed by atoms with Gasteiger partial charge in [-0.25, -0.2) is 23.7 Å². The van der Waals surface area contributed by atoms with Crippen molar-refractivity contribution >= 4 is 34.6 Å². The molecular formula is C43H46F2N8O2. The van der Waals surface area contributed by atoms with Gasteiger partial charge in [0, 0.05) is 54.4 Å². The van der Waals surface area contributed by atoms with Crippen molar-refractivity contribution < 1.29 is 18.3 Å². The van der Waals surface area contributed by atoms with E-state index >= 15 is 0 Å². The molecular weight excluding hydrogens is 699 g/mol. The molecule has 10 nitrogen and oxygen atoms in total. The zero-order valence-corrected chi connectivity index (χ0v) is 31.6. The number of hydrogen-bond acceptors (Lipinski definition) is 8. The molecule has 1 aliphatic rings. The molecule has 1 saturated heterocycles. The molecule has 4 heterocycles. The summed E-state index contributed by atoms with van der Waals surface area (Å²) in [6.07, 6.45) is 8.28. The molecule has 0 radical (unpaired) electrons. The normalized spacial score (nSPS) is 14.0. The van der Waals surface area contributed by atoms with Crippen molar-refractivity contribution in [3.63, 3.8) is 0 Å². The van der Waals surface area contributed by atoms with Crippen LogP contribution in [0.3, 0.4) is 0 Å². The van der Waals surface area contributed by atoms with Crippen LogP contribution in [0.25, 0.3) is 28.3 Å². The number of ether oxygens (including phenoxy) is 1. The van der Waals surface area contributed by atoms with E-state index in [1.54, 1.807) is 37.6 Å². The van der Waals surface area contributed by atoms with Crippen LogP contribution in [0.1, 0.15) is 49.9 Å². The predicted octanol–water partition coefficient (Wildman–Crippen LogP) is 9.08. The monoisotopic (exact) mass is 744 g/mol. The van der Waals surface area contributed by atoms with Crippen molar-refractivity contribution in [2.75, 3.05) is 49.3 Å². The maximum Gasteiger partial charge on any atom is 0.255 e. The van der Waals surface area contributed by atoms with Crippen molar-refractivity contribution in [2.24, 2.45) is 5.92 Å². The molecule has 7 rings (SSSR count). The summed E-state index contributed by atoms with van der Waals surface area (Å²) in [4.78, 5) is 32.5. The molecule has 0 spiro atoms. The van der Waals surface area contributed by atoms with E-state index in [1.807, 2.05) is 40.9 Å². The first-order valence-electron chi connectivity index (χ1n) is 18.8. The minimum atomic E-state index is -0.861. The number of rotatable bonds is 13. The fourth-order valence-corrected chi connectivity index (χ4v) is 7.08.